The molecule has 0 spiro atoms. The maximum Gasteiger partial charge on any atom is 0.223 e. The second kappa shape index (κ2) is 3.57. The van der Waals surface area contributed by atoms with Crippen LogP contribution < -0.4 is 5.73 Å². The number of hydrogen-bond acceptors (Lipinski definition) is 2. The van der Waals surface area contributed by atoms with Crippen LogP contribution in [0, 0.1) is 6.92 Å². The summed E-state index contributed by atoms with van der Waals surface area (Å²) >= 11 is 0. The molecule has 1 aromatic rings. The van der Waals surface area contributed by atoms with Crippen LogP contribution in [0.15, 0.2) is 18.2 Å². The number of rotatable bonds is 1. The standard InChI is InChI=1S/C12H16N2O/c1-8-3-4-10(13)6-11(8)9-5-12(15)14(2)7-9/h3-4,6,9H,5,7,13H2,1-2H3. The number of carbonyl (C=O) groups excluding carboxylic acids is 1. The summed E-state index contributed by atoms with van der Waals surface area (Å²) in [6, 6.07) is 5.92. The summed E-state index contributed by atoms with van der Waals surface area (Å²) in [4.78, 5) is 13.2. The van der Waals surface area contributed by atoms with Crippen LogP contribution in [0.4, 0.5) is 5.69 Å². The van der Waals surface area contributed by atoms with Gasteiger partial charge in [-0.25, -0.2) is 0 Å². The molecular formula is C12H16N2O. The van der Waals surface area contributed by atoms with Crippen molar-refractivity contribution in [2.45, 2.75) is 19.3 Å². The zero-order valence-electron chi connectivity index (χ0n) is 9.16. The van der Waals surface area contributed by atoms with Gasteiger partial charge in [-0.1, -0.05) is 6.07 Å². The van der Waals surface area contributed by atoms with Crippen molar-refractivity contribution in [2.75, 3.05) is 19.3 Å². The van der Waals surface area contributed by atoms with E-state index in [0.717, 1.165) is 12.2 Å². The molecule has 1 unspecified atom stereocenters. The molecule has 1 atom stereocenters. The van der Waals surface area contributed by atoms with Crippen LogP contribution in [-0.4, -0.2) is 24.4 Å². The number of amides is 1. The average molecular weight is 204 g/mol. The van der Waals surface area contributed by atoms with Crippen LogP contribution in [0.5, 0.6) is 0 Å². The largest absolute Gasteiger partial charge is 0.399 e. The van der Waals surface area contributed by atoms with Crippen LogP contribution in [-0.2, 0) is 4.79 Å². The zero-order valence-corrected chi connectivity index (χ0v) is 9.16. The lowest BCUT2D eigenvalue weighted by atomic mass is 9.93. The van der Waals surface area contributed by atoms with Gasteiger partial charge in [0.1, 0.15) is 0 Å². The zero-order chi connectivity index (χ0) is 11.0. The molecule has 2 N–H and O–H groups in total. The summed E-state index contributed by atoms with van der Waals surface area (Å²) in [5.74, 6) is 0.535. The summed E-state index contributed by atoms with van der Waals surface area (Å²) in [5.41, 5.74) is 8.98. The number of aryl methyl sites for hydroxylation is 1. The molecule has 1 heterocycles. The van der Waals surface area contributed by atoms with Crippen molar-refractivity contribution in [1.29, 1.82) is 0 Å². The fraction of sp³-hybridized carbons (Fsp3) is 0.417. The lowest BCUT2D eigenvalue weighted by Crippen LogP contribution is -2.18. The van der Waals surface area contributed by atoms with Gasteiger partial charge in [0.2, 0.25) is 5.91 Å². The number of nitrogen functional groups attached to an aromatic ring is 1. The third-order valence-electron chi connectivity index (χ3n) is 3.08. The minimum absolute atomic E-state index is 0.224. The Morgan fingerprint density at radius 2 is 2.20 bits per heavy atom. The van der Waals surface area contributed by atoms with E-state index in [0.29, 0.717) is 12.3 Å². The number of anilines is 1. The normalized spacial score (nSPS) is 21.1. The van der Waals surface area contributed by atoms with Crippen molar-refractivity contribution in [3.63, 3.8) is 0 Å². The van der Waals surface area contributed by atoms with E-state index in [9.17, 15) is 4.79 Å². The van der Waals surface area contributed by atoms with Crippen LogP contribution in [0.25, 0.3) is 0 Å². The maximum atomic E-state index is 11.4. The molecule has 1 aromatic carbocycles. The Hall–Kier alpha value is -1.51. The predicted octanol–water partition coefficient (Wildman–Crippen LogP) is 1.52. The summed E-state index contributed by atoms with van der Waals surface area (Å²) in [6.45, 7) is 2.88. The Morgan fingerprint density at radius 3 is 2.80 bits per heavy atom. The Balaban J connectivity index is 2.30. The van der Waals surface area contributed by atoms with E-state index in [-0.39, 0.29) is 5.91 Å². The van der Waals surface area contributed by atoms with E-state index in [2.05, 4.69) is 6.92 Å². The predicted molar refractivity (Wildman–Crippen MR) is 60.6 cm³/mol. The molecule has 80 valence electrons. The SMILES string of the molecule is Cc1ccc(N)cc1C1CC(=O)N(C)C1. The lowest BCUT2D eigenvalue weighted by Gasteiger charge is -2.13. The minimum Gasteiger partial charge on any atom is -0.399 e. The first-order chi connectivity index (χ1) is 7.08. The molecule has 3 heteroatoms. The van der Waals surface area contributed by atoms with Crippen LogP contribution in [0.1, 0.15) is 23.5 Å². The monoisotopic (exact) mass is 204 g/mol. The Kier molecular flexibility index (Phi) is 2.39. The van der Waals surface area contributed by atoms with Gasteiger partial charge < -0.3 is 10.6 Å². The van der Waals surface area contributed by atoms with Crippen LogP contribution >= 0.6 is 0 Å². The molecule has 0 aliphatic carbocycles. The van der Waals surface area contributed by atoms with Gasteiger partial charge >= 0.3 is 0 Å². The molecule has 2 rings (SSSR count). The highest BCUT2D eigenvalue weighted by Gasteiger charge is 2.28. The number of nitrogens with zero attached hydrogens (tertiary/aromatic N) is 1. The maximum absolute atomic E-state index is 11.4. The van der Waals surface area contributed by atoms with Crippen molar-refractivity contribution in [3.05, 3.63) is 29.3 Å². The van der Waals surface area contributed by atoms with E-state index in [1.54, 1.807) is 4.90 Å². The second-order valence-electron chi connectivity index (χ2n) is 4.29. The highest BCUT2D eigenvalue weighted by molar-refractivity contribution is 5.79. The third kappa shape index (κ3) is 1.82. The van der Waals surface area contributed by atoms with Gasteiger partial charge in [0.05, 0.1) is 0 Å². The van der Waals surface area contributed by atoms with Gasteiger partial charge in [-0.15, -0.1) is 0 Å². The van der Waals surface area contributed by atoms with Crippen molar-refractivity contribution in [1.82, 2.24) is 4.90 Å². The molecule has 1 aliphatic rings. The van der Waals surface area contributed by atoms with Gasteiger partial charge in [0, 0.05) is 31.6 Å². The van der Waals surface area contributed by atoms with Gasteiger partial charge in [0.25, 0.3) is 0 Å². The molecule has 1 aliphatic heterocycles. The van der Waals surface area contributed by atoms with E-state index < -0.39 is 0 Å². The fourth-order valence-electron chi connectivity index (χ4n) is 2.17. The van der Waals surface area contributed by atoms with Crippen molar-refractivity contribution in [3.8, 4) is 0 Å². The quantitative estimate of drug-likeness (QED) is 0.705. The van der Waals surface area contributed by atoms with E-state index >= 15 is 0 Å². The molecule has 1 fully saturated rings. The molecule has 0 saturated carbocycles. The molecular weight excluding hydrogens is 188 g/mol. The number of nitrogens with two attached hydrogens (primary N) is 1. The molecule has 0 aromatic heterocycles. The third-order valence-corrected chi connectivity index (χ3v) is 3.08. The number of hydrogen-bond donors (Lipinski definition) is 1. The first kappa shape index (κ1) is 10.0. The average Bonchev–Trinajstić information content (AvgIpc) is 2.51. The summed E-state index contributed by atoms with van der Waals surface area (Å²) < 4.78 is 0. The van der Waals surface area contributed by atoms with E-state index in [1.807, 2.05) is 25.2 Å². The van der Waals surface area contributed by atoms with Gasteiger partial charge in [-0.2, -0.15) is 0 Å². The van der Waals surface area contributed by atoms with Crippen LogP contribution in [0.3, 0.4) is 0 Å². The van der Waals surface area contributed by atoms with Crippen LogP contribution in [0.2, 0.25) is 0 Å². The summed E-state index contributed by atoms with van der Waals surface area (Å²) in [7, 11) is 1.85. The van der Waals surface area contributed by atoms with Crippen molar-refractivity contribution < 1.29 is 4.79 Å². The van der Waals surface area contributed by atoms with Crippen molar-refractivity contribution in [2.24, 2.45) is 0 Å². The number of likely N-dealkylation sites (N-methyl/N-ethyl adjacent to an activating group) is 1. The molecule has 0 radical (unpaired) electrons. The number of likely N-dealkylation sites (tertiary alicyclic amines) is 1. The smallest absolute Gasteiger partial charge is 0.223 e. The lowest BCUT2D eigenvalue weighted by molar-refractivity contribution is -0.126. The van der Waals surface area contributed by atoms with Gasteiger partial charge in [0.15, 0.2) is 0 Å². The highest BCUT2D eigenvalue weighted by atomic mass is 16.2. The van der Waals surface area contributed by atoms with Gasteiger partial charge in [-0.3, -0.25) is 4.79 Å². The first-order valence-corrected chi connectivity index (χ1v) is 5.18. The highest BCUT2D eigenvalue weighted by Crippen LogP contribution is 2.30. The number of benzene rings is 1. The second-order valence-corrected chi connectivity index (χ2v) is 4.29. The fourth-order valence-corrected chi connectivity index (χ4v) is 2.17. The Morgan fingerprint density at radius 1 is 1.47 bits per heavy atom. The molecule has 1 amide bonds. The summed E-state index contributed by atoms with van der Waals surface area (Å²) in [5, 5.41) is 0. The molecule has 15 heavy (non-hydrogen) atoms. The first-order valence-electron chi connectivity index (χ1n) is 5.18. The minimum atomic E-state index is 0.224. The van der Waals surface area contributed by atoms with Gasteiger partial charge in [-0.05, 0) is 30.2 Å². The Labute approximate surface area is 89.9 Å². The topological polar surface area (TPSA) is 46.3 Å². The number of carbonyl (C=O) groups is 1. The van der Waals surface area contributed by atoms with Crippen molar-refractivity contribution >= 4 is 11.6 Å². The molecule has 0 bridgehead atoms. The molecule has 1 saturated heterocycles. The van der Waals surface area contributed by atoms with E-state index in [4.69, 9.17) is 5.73 Å². The van der Waals surface area contributed by atoms with E-state index in [1.165, 1.54) is 11.1 Å². The Bertz CT molecular complexity index is 401. The summed E-state index contributed by atoms with van der Waals surface area (Å²) in [6.07, 6.45) is 0.612. The molecule has 3 nitrogen and oxygen atoms in total.